The average molecular weight is 481 g/mol. The van der Waals surface area contributed by atoms with E-state index in [1.54, 1.807) is 0 Å². The molecule has 0 aliphatic heterocycles. The number of anilines is 1. The van der Waals surface area contributed by atoms with Gasteiger partial charge in [0, 0.05) is 31.1 Å². The van der Waals surface area contributed by atoms with Crippen LogP contribution in [0.4, 0.5) is 10.1 Å². The van der Waals surface area contributed by atoms with E-state index >= 15 is 0 Å². The van der Waals surface area contributed by atoms with Crippen LogP contribution in [-0.2, 0) is 6.54 Å². The maximum Gasteiger partial charge on any atom is 0.248 e. The Labute approximate surface area is 146 Å². The molecule has 0 bridgehead atoms. The van der Waals surface area contributed by atoms with Crippen molar-refractivity contribution >= 4 is 59.4 Å². The molecule has 110 valence electrons. The summed E-state index contributed by atoms with van der Waals surface area (Å²) < 4.78 is 16.3. The van der Waals surface area contributed by atoms with Gasteiger partial charge in [0.2, 0.25) is 5.91 Å². The van der Waals surface area contributed by atoms with Gasteiger partial charge in [0.15, 0.2) is 0 Å². The van der Waals surface area contributed by atoms with Crippen molar-refractivity contribution in [1.29, 1.82) is 0 Å². The number of rotatable bonds is 4. The van der Waals surface area contributed by atoms with E-state index < -0.39 is 11.7 Å². The number of benzene rings is 2. The lowest BCUT2D eigenvalue weighted by Crippen LogP contribution is -2.12. The van der Waals surface area contributed by atoms with Crippen LogP contribution >= 0.6 is 47.8 Å². The van der Waals surface area contributed by atoms with Crippen LogP contribution in [0.25, 0.3) is 0 Å². The second-order valence-corrected chi connectivity index (χ2v) is 6.89. The highest BCUT2D eigenvalue weighted by Gasteiger charge is 2.10. The van der Waals surface area contributed by atoms with Crippen molar-refractivity contribution in [3.05, 3.63) is 60.7 Å². The fraction of sp³-hybridized carbons (Fsp3) is 0.0714. The zero-order chi connectivity index (χ0) is 15.6. The number of amides is 1. The van der Waals surface area contributed by atoms with Crippen molar-refractivity contribution in [3.8, 4) is 0 Å². The lowest BCUT2D eigenvalue weighted by Gasteiger charge is -2.12. The van der Waals surface area contributed by atoms with E-state index in [-0.39, 0.29) is 12.1 Å². The number of hydrogen-bond acceptors (Lipinski definition) is 2. The highest BCUT2D eigenvalue weighted by molar-refractivity contribution is 9.11. The van der Waals surface area contributed by atoms with Crippen LogP contribution in [0, 0.1) is 5.82 Å². The normalized spacial score (nSPS) is 10.5. The zero-order valence-electron chi connectivity index (χ0n) is 10.6. The number of carbonyl (C=O) groups is 1. The van der Waals surface area contributed by atoms with Crippen LogP contribution in [0.1, 0.15) is 15.9 Å². The molecule has 2 aromatic carbocycles. The number of hydrogen-bond donors (Lipinski definition) is 2. The highest BCUT2D eigenvalue weighted by atomic mass is 79.9. The fourth-order valence-corrected chi connectivity index (χ4v) is 4.30. The second-order valence-electron chi connectivity index (χ2n) is 4.27. The largest absolute Gasteiger partial charge is 0.379 e. The quantitative estimate of drug-likeness (QED) is 0.659. The molecule has 0 aliphatic carbocycles. The van der Waals surface area contributed by atoms with Crippen LogP contribution in [0.5, 0.6) is 0 Å². The molecule has 0 atom stereocenters. The topological polar surface area (TPSA) is 55.1 Å². The maximum atomic E-state index is 13.8. The average Bonchev–Trinajstić information content (AvgIpc) is 2.39. The van der Waals surface area contributed by atoms with Gasteiger partial charge in [0.1, 0.15) is 5.82 Å². The summed E-state index contributed by atoms with van der Waals surface area (Å²) in [5.74, 6) is -0.973. The first kappa shape index (κ1) is 16.5. The van der Waals surface area contributed by atoms with Crippen LogP contribution < -0.4 is 11.1 Å². The second kappa shape index (κ2) is 6.89. The molecule has 21 heavy (non-hydrogen) atoms. The molecule has 3 N–H and O–H groups in total. The molecule has 0 fully saturated rings. The fourth-order valence-electron chi connectivity index (χ4n) is 1.76. The maximum absolute atomic E-state index is 13.8. The Morgan fingerprint density at radius 2 is 1.76 bits per heavy atom. The van der Waals surface area contributed by atoms with Gasteiger partial charge in [-0.15, -0.1) is 0 Å². The Balaban J connectivity index is 2.24. The molecule has 2 rings (SSSR count). The van der Waals surface area contributed by atoms with Gasteiger partial charge in [0.25, 0.3) is 0 Å². The first-order valence-electron chi connectivity index (χ1n) is 5.85. The lowest BCUT2D eigenvalue weighted by atomic mass is 10.1. The van der Waals surface area contributed by atoms with Crippen molar-refractivity contribution in [2.75, 3.05) is 5.32 Å². The summed E-state index contributed by atoms with van der Waals surface area (Å²) in [6.07, 6.45) is 0. The minimum absolute atomic E-state index is 0.228. The summed E-state index contributed by atoms with van der Waals surface area (Å²) in [4.78, 5) is 11.1. The van der Waals surface area contributed by atoms with Gasteiger partial charge in [-0.05, 0) is 62.2 Å². The molecule has 0 unspecified atom stereocenters. The molecule has 1 amide bonds. The molecule has 0 heterocycles. The van der Waals surface area contributed by atoms with Crippen LogP contribution in [0.3, 0.4) is 0 Å². The third-order valence-corrected chi connectivity index (χ3v) is 4.50. The molecular formula is C14H10Br3FN2O. The van der Waals surface area contributed by atoms with Gasteiger partial charge in [-0.2, -0.15) is 0 Å². The first-order valence-corrected chi connectivity index (χ1v) is 8.23. The first-order chi connectivity index (χ1) is 9.88. The predicted octanol–water partition coefficient (Wildman–Crippen LogP) is 4.82. The van der Waals surface area contributed by atoms with Crippen LogP contribution in [0.15, 0.2) is 43.7 Å². The van der Waals surface area contributed by atoms with E-state index in [0.29, 0.717) is 5.56 Å². The minimum Gasteiger partial charge on any atom is -0.379 e. The van der Waals surface area contributed by atoms with E-state index in [2.05, 4.69) is 53.1 Å². The Morgan fingerprint density at radius 3 is 2.33 bits per heavy atom. The summed E-state index contributed by atoms with van der Waals surface area (Å²) in [6.45, 7) is 0.228. The van der Waals surface area contributed by atoms with Gasteiger partial charge < -0.3 is 11.1 Å². The summed E-state index contributed by atoms with van der Waals surface area (Å²) in [6, 6.07) is 7.81. The molecule has 2 aromatic rings. The third kappa shape index (κ3) is 4.05. The minimum atomic E-state index is -0.581. The van der Waals surface area contributed by atoms with Gasteiger partial charge >= 0.3 is 0 Å². The summed E-state index contributed by atoms with van der Waals surface area (Å²) in [5.41, 5.74) is 6.64. The molecule has 0 saturated carbocycles. The Morgan fingerprint density at radius 1 is 1.14 bits per heavy atom. The van der Waals surface area contributed by atoms with Crippen molar-refractivity contribution in [2.24, 2.45) is 5.73 Å². The molecule has 3 nitrogen and oxygen atoms in total. The summed E-state index contributed by atoms with van der Waals surface area (Å²) in [7, 11) is 0. The van der Waals surface area contributed by atoms with Gasteiger partial charge in [0.05, 0.1) is 5.69 Å². The van der Waals surface area contributed by atoms with Crippen molar-refractivity contribution < 1.29 is 9.18 Å². The van der Waals surface area contributed by atoms with Crippen LogP contribution in [-0.4, -0.2) is 5.91 Å². The van der Waals surface area contributed by atoms with E-state index in [4.69, 9.17) is 5.73 Å². The van der Waals surface area contributed by atoms with Crippen molar-refractivity contribution in [3.63, 3.8) is 0 Å². The molecule has 0 radical (unpaired) electrons. The van der Waals surface area contributed by atoms with Crippen LogP contribution in [0.2, 0.25) is 0 Å². The summed E-state index contributed by atoms with van der Waals surface area (Å²) >= 11 is 10.3. The third-order valence-electron chi connectivity index (χ3n) is 2.79. The molecule has 0 aliphatic rings. The predicted molar refractivity (Wildman–Crippen MR) is 91.8 cm³/mol. The van der Waals surface area contributed by atoms with Gasteiger partial charge in [-0.1, -0.05) is 15.9 Å². The van der Waals surface area contributed by atoms with E-state index in [1.165, 1.54) is 18.2 Å². The Kier molecular flexibility index (Phi) is 5.40. The molecule has 7 heteroatoms. The molecular weight excluding hydrogens is 471 g/mol. The lowest BCUT2D eigenvalue weighted by molar-refractivity contribution is 0.1000. The van der Waals surface area contributed by atoms with Gasteiger partial charge in [-0.3, -0.25) is 4.79 Å². The number of carbonyl (C=O) groups excluding carboxylic acids is 1. The zero-order valence-corrected chi connectivity index (χ0v) is 15.3. The number of halogens is 4. The SMILES string of the molecule is NC(=O)c1ccc(F)c(CNc2c(Br)cc(Br)cc2Br)c1. The van der Waals surface area contributed by atoms with Crippen molar-refractivity contribution in [2.45, 2.75) is 6.54 Å². The molecule has 0 aromatic heterocycles. The standard InChI is InChI=1S/C14H10Br3FN2O/c15-9-4-10(16)13(11(17)5-9)20-6-8-3-7(14(19)21)1-2-12(8)18/h1-5,20H,6H2,(H2,19,21). The highest BCUT2D eigenvalue weighted by Crippen LogP contribution is 2.34. The van der Waals surface area contributed by atoms with Gasteiger partial charge in [-0.25, -0.2) is 4.39 Å². The van der Waals surface area contributed by atoms with E-state index in [9.17, 15) is 9.18 Å². The Bertz CT molecular complexity index is 684. The van der Waals surface area contributed by atoms with Crippen molar-refractivity contribution in [1.82, 2.24) is 0 Å². The monoisotopic (exact) mass is 478 g/mol. The number of primary amides is 1. The number of nitrogens with one attached hydrogen (secondary N) is 1. The Hall–Kier alpha value is -0.920. The summed E-state index contributed by atoms with van der Waals surface area (Å²) in [5, 5.41) is 3.13. The van der Waals surface area contributed by atoms with E-state index in [1.807, 2.05) is 12.1 Å². The number of nitrogens with two attached hydrogens (primary N) is 1. The van der Waals surface area contributed by atoms with E-state index in [0.717, 1.165) is 19.1 Å². The smallest absolute Gasteiger partial charge is 0.248 e. The molecule has 0 saturated heterocycles. The molecule has 0 spiro atoms.